The van der Waals surface area contributed by atoms with E-state index in [0.29, 0.717) is 29.5 Å². The molecule has 0 bridgehead atoms. The maximum atomic E-state index is 14.5. The highest BCUT2D eigenvalue weighted by Crippen LogP contribution is 2.27. The van der Waals surface area contributed by atoms with Gasteiger partial charge >= 0.3 is 0 Å². The number of piperazine rings is 1. The monoisotopic (exact) mass is 503 g/mol. The highest BCUT2D eigenvalue weighted by atomic mass is 35.5. The molecule has 1 aliphatic heterocycles. The van der Waals surface area contributed by atoms with Crippen LogP contribution in [0.1, 0.15) is 10.4 Å². The molecule has 178 valence electrons. The van der Waals surface area contributed by atoms with Gasteiger partial charge in [-0.1, -0.05) is 29.8 Å². The first-order valence-corrected chi connectivity index (χ1v) is 12.4. The third kappa shape index (κ3) is 5.01. The molecule has 3 aromatic carbocycles. The highest BCUT2D eigenvalue weighted by molar-refractivity contribution is 7.89. The summed E-state index contributed by atoms with van der Waals surface area (Å²) < 4.78 is 47.5. The second-order valence-corrected chi connectivity index (χ2v) is 10.0. The average Bonchev–Trinajstić information content (AvgIpc) is 2.84. The number of hydrogen-bond acceptors (Lipinski definition) is 5. The molecule has 0 spiro atoms. The number of benzene rings is 3. The van der Waals surface area contributed by atoms with Gasteiger partial charge in [0.1, 0.15) is 11.6 Å². The van der Waals surface area contributed by atoms with Crippen molar-refractivity contribution in [2.45, 2.75) is 4.90 Å². The smallest absolute Gasteiger partial charge is 0.258 e. The minimum absolute atomic E-state index is 0.143. The van der Waals surface area contributed by atoms with Gasteiger partial charge in [-0.15, -0.1) is 0 Å². The molecular formula is C24H23ClFN3O4S. The van der Waals surface area contributed by atoms with Crippen molar-refractivity contribution in [3.8, 4) is 5.75 Å². The summed E-state index contributed by atoms with van der Waals surface area (Å²) in [5.41, 5.74) is 0.894. The molecule has 4 rings (SSSR count). The van der Waals surface area contributed by atoms with Crippen LogP contribution in [0.4, 0.5) is 15.8 Å². The van der Waals surface area contributed by atoms with E-state index in [1.165, 1.54) is 17.5 Å². The van der Waals surface area contributed by atoms with Crippen LogP contribution in [0.15, 0.2) is 71.6 Å². The summed E-state index contributed by atoms with van der Waals surface area (Å²) in [6.07, 6.45) is 0. The number of hydrogen-bond donors (Lipinski definition) is 1. The zero-order valence-electron chi connectivity index (χ0n) is 18.4. The highest BCUT2D eigenvalue weighted by Gasteiger charge is 2.30. The van der Waals surface area contributed by atoms with Crippen LogP contribution in [0.2, 0.25) is 5.02 Å². The number of rotatable bonds is 6. The van der Waals surface area contributed by atoms with Crippen molar-refractivity contribution in [1.29, 1.82) is 0 Å². The molecule has 1 heterocycles. The van der Waals surface area contributed by atoms with E-state index in [2.05, 4.69) is 10.2 Å². The summed E-state index contributed by atoms with van der Waals surface area (Å²) in [5, 5.41) is 3.18. The van der Waals surface area contributed by atoms with Gasteiger partial charge in [0, 0.05) is 36.9 Å². The lowest BCUT2D eigenvalue weighted by Gasteiger charge is -2.35. The number of nitrogens with zero attached hydrogens (tertiary/aromatic N) is 2. The molecule has 10 heteroatoms. The van der Waals surface area contributed by atoms with Crippen molar-refractivity contribution < 1.29 is 22.3 Å². The molecule has 3 aromatic rings. The van der Waals surface area contributed by atoms with Crippen molar-refractivity contribution in [3.63, 3.8) is 0 Å². The maximum absolute atomic E-state index is 14.5. The maximum Gasteiger partial charge on any atom is 0.258 e. The molecule has 1 saturated heterocycles. The number of halogens is 2. The molecule has 1 aliphatic rings. The van der Waals surface area contributed by atoms with Crippen molar-refractivity contribution in [2.24, 2.45) is 0 Å². The standard InChI is InChI=1S/C24H23ClFN3O4S/c1-33-23-8-3-2-7-22(23)27-24(30)20-16-19(9-10-21(20)26)34(31,32)29-13-11-28(12-14-29)18-6-4-5-17(25)15-18/h2-10,15-16H,11-14H2,1H3,(H,27,30). The van der Waals surface area contributed by atoms with Gasteiger partial charge in [-0.05, 0) is 48.5 Å². The van der Waals surface area contributed by atoms with Crippen LogP contribution in [0.5, 0.6) is 5.75 Å². The van der Waals surface area contributed by atoms with E-state index in [0.717, 1.165) is 17.8 Å². The van der Waals surface area contributed by atoms with Crippen molar-refractivity contribution >= 4 is 38.9 Å². The van der Waals surface area contributed by atoms with Crippen LogP contribution >= 0.6 is 11.6 Å². The summed E-state index contributed by atoms with van der Waals surface area (Å²) in [4.78, 5) is 14.7. The van der Waals surface area contributed by atoms with Crippen LogP contribution in [-0.2, 0) is 10.0 Å². The molecule has 34 heavy (non-hydrogen) atoms. The Morgan fingerprint density at radius 1 is 1.00 bits per heavy atom. The predicted octanol–water partition coefficient (Wildman–Crippen LogP) is 4.25. The first kappa shape index (κ1) is 24.0. The molecule has 0 aliphatic carbocycles. The number of methoxy groups -OCH3 is 1. The average molecular weight is 504 g/mol. The number of amides is 1. The van der Waals surface area contributed by atoms with Crippen LogP contribution in [-0.4, -0.2) is 51.9 Å². The first-order valence-electron chi connectivity index (χ1n) is 10.5. The third-order valence-electron chi connectivity index (χ3n) is 5.59. The van der Waals surface area contributed by atoms with Crippen LogP contribution in [0, 0.1) is 5.82 Å². The third-order valence-corrected chi connectivity index (χ3v) is 7.72. The lowest BCUT2D eigenvalue weighted by atomic mass is 10.2. The SMILES string of the molecule is COc1ccccc1NC(=O)c1cc(S(=O)(=O)N2CCN(c3cccc(Cl)c3)CC2)ccc1F. The summed E-state index contributed by atoms with van der Waals surface area (Å²) in [6, 6.07) is 17.3. The Kier molecular flexibility index (Phi) is 7.06. The molecule has 7 nitrogen and oxygen atoms in total. The van der Waals surface area contributed by atoms with E-state index in [9.17, 15) is 17.6 Å². The van der Waals surface area contributed by atoms with E-state index in [1.807, 2.05) is 18.2 Å². The summed E-state index contributed by atoms with van der Waals surface area (Å²) in [7, 11) is -2.48. The first-order chi connectivity index (χ1) is 16.3. The molecule has 1 fully saturated rings. The molecule has 0 saturated carbocycles. The fourth-order valence-electron chi connectivity index (χ4n) is 3.78. The van der Waals surface area contributed by atoms with Gasteiger partial charge < -0.3 is 15.0 Å². The minimum Gasteiger partial charge on any atom is -0.495 e. The lowest BCUT2D eigenvalue weighted by Crippen LogP contribution is -2.48. The fourth-order valence-corrected chi connectivity index (χ4v) is 5.42. The van der Waals surface area contributed by atoms with Crippen molar-refractivity contribution in [2.75, 3.05) is 43.5 Å². The second-order valence-electron chi connectivity index (χ2n) is 7.67. The lowest BCUT2D eigenvalue weighted by molar-refractivity contribution is 0.102. The largest absolute Gasteiger partial charge is 0.495 e. The number of carbonyl (C=O) groups excluding carboxylic acids is 1. The zero-order valence-corrected chi connectivity index (χ0v) is 19.9. The fraction of sp³-hybridized carbons (Fsp3) is 0.208. The van der Waals surface area contributed by atoms with Crippen LogP contribution < -0.4 is 15.0 Å². The predicted molar refractivity (Wildman–Crippen MR) is 130 cm³/mol. The van der Waals surface area contributed by atoms with Gasteiger partial charge in [0.15, 0.2) is 0 Å². The number of para-hydroxylation sites is 2. The van der Waals surface area contributed by atoms with E-state index >= 15 is 0 Å². The number of carbonyl (C=O) groups is 1. The summed E-state index contributed by atoms with van der Waals surface area (Å²) >= 11 is 6.06. The van der Waals surface area contributed by atoms with E-state index in [4.69, 9.17) is 16.3 Å². The Labute approximate surface area is 202 Å². The quantitative estimate of drug-likeness (QED) is 0.544. The van der Waals surface area contributed by atoms with E-state index in [1.54, 1.807) is 30.3 Å². The van der Waals surface area contributed by atoms with Gasteiger partial charge in [0.2, 0.25) is 10.0 Å². The van der Waals surface area contributed by atoms with Crippen LogP contribution in [0.3, 0.4) is 0 Å². The van der Waals surface area contributed by atoms with Crippen molar-refractivity contribution in [1.82, 2.24) is 4.31 Å². The molecular weight excluding hydrogens is 481 g/mol. The Bertz CT molecular complexity index is 1310. The van der Waals surface area contributed by atoms with E-state index < -0.39 is 21.7 Å². The molecule has 0 aromatic heterocycles. The molecule has 1 amide bonds. The van der Waals surface area contributed by atoms with Crippen LogP contribution in [0.25, 0.3) is 0 Å². The Morgan fingerprint density at radius 3 is 2.44 bits per heavy atom. The van der Waals surface area contributed by atoms with E-state index in [-0.39, 0.29) is 23.5 Å². The molecule has 1 N–H and O–H groups in total. The second kappa shape index (κ2) is 10.0. The molecule has 0 atom stereocenters. The summed E-state index contributed by atoms with van der Waals surface area (Å²) in [6.45, 7) is 1.44. The Balaban J connectivity index is 1.52. The van der Waals surface area contributed by atoms with Gasteiger partial charge in [-0.3, -0.25) is 4.79 Å². The Hall–Kier alpha value is -3.14. The Morgan fingerprint density at radius 2 is 1.74 bits per heavy atom. The molecule has 0 unspecified atom stereocenters. The van der Waals surface area contributed by atoms with Gasteiger partial charge in [-0.2, -0.15) is 4.31 Å². The number of anilines is 2. The van der Waals surface area contributed by atoms with Gasteiger partial charge in [0.05, 0.1) is 23.3 Å². The number of ether oxygens (including phenoxy) is 1. The molecule has 0 radical (unpaired) electrons. The minimum atomic E-state index is -3.93. The normalized spacial score (nSPS) is 14.6. The summed E-state index contributed by atoms with van der Waals surface area (Å²) in [5.74, 6) is -1.19. The number of sulfonamides is 1. The number of nitrogens with one attached hydrogen (secondary N) is 1. The van der Waals surface area contributed by atoms with Crippen molar-refractivity contribution in [3.05, 3.63) is 83.1 Å². The van der Waals surface area contributed by atoms with Gasteiger partial charge in [0.25, 0.3) is 5.91 Å². The topological polar surface area (TPSA) is 78.9 Å². The van der Waals surface area contributed by atoms with Gasteiger partial charge in [-0.25, -0.2) is 12.8 Å². The zero-order chi connectivity index (χ0) is 24.3.